The maximum Gasteiger partial charge on any atom is 0.430 e. The summed E-state index contributed by atoms with van der Waals surface area (Å²) in [6.07, 6.45) is -2.59. The van der Waals surface area contributed by atoms with Crippen LogP contribution in [0.5, 0.6) is 0 Å². The third-order valence-corrected chi connectivity index (χ3v) is 9.08. The number of halogens is 3. The number of nitrogens with one attached hydrogen (secondary N) is 1. The Morgan fingerprint density at radius 2 is 1.55 bits per heavy atom. The Kier molecular flexibility index (Phi) is 4.97. The van der Waals surface area contributed by atoms with E-state index >= 15 is 0 Å². The van der Waals surface area contributed by atoms with Crippen molar-refractivity contribution in [3.63, 3.8) is 0 Å². The summed E-state index contributed by atoms with van der Waals surface area (Å²) in [7, 11) is -1.94. The molecule has 1 aromatic heterocycles. The number of para-hydroxylation sites is 2. The van der Waals surface area contributed by atoms with Crippen molar-refractivity contribution in [1.82, 2.24) is 4.98 Å². The standard InChI is InChI=1S/C23H21F3N4Si/c1-31(2)20-9-5-3-7-18(20)30(19-8-4-6-10-21(19)31)15-11-12-29-17(13-15)16(27)14-22(28)23(24,25)26/h3-14,27H,28H2,1-2H3. The number of alkyl halides is 3. The van der Waals surface area contributed by atoms with E-state index in [-0.39, 0.29) is 5.69 Å². The summed E-state index contributed by atoms with van der Waals surface area (Å²) >= 11 is 0. The van der Waals surface area contributed by atoms with Gasteiger partial charge in [-0.1, -0.05) is 49.5 Å². The minimum Gasteiger partial charge on any atom is -0.395 e. The highest BCUT2D eigenvalue weighted by molar-refractivity contribution is 7.02. The molecule has 0 bridgehead atoms. The lowest BCUT2D eigenvalue weighted by Crippen LogP contribution is -2.58. The van der Waals surface area contributed by atoms with Gasteiger partial charge in [0.05, 0.1) is 11.4 Å². The van der Waals surface area contributed by atoms with E-state index in [9.17, 15) is 13.2 Å². The van der Waals surface area contributed by atoms with Crippen LogP contribution in [-0.2, 0) is 0 Å². The average Bonchev–Trinajstić information content (AvgIpc) is 2.73. The van der Waals surface area contributed by atoms with E-state index in [2.05, 4.69) is 35.1 Å². The van der Waals surface area contributed by atoms with Crippen molar-refractivity contribution in [3.8, 4) is 0 Å². The summed E-state index contributed by atoms with van der Waals surface area (Å²) in [6.45, 7) is 4.61. The Bertz CT molecular complexity index is 1150. The molecule has 2 heterocycles. The first kappa shape index (κ1) is 20.9. The van der Waals surface area contributed by atoms with Crippen molar-refractivity contribution >= 4 is 41.2 Å². The third-order valence-electron chi connectivity index (χ3n) is 5.54. The predicted octanol–water partition coefficient (Wildman–Crippen LogP) is 4.46. The van der Waals surface area contributed by atoms with Gasteiger partial charge in [-0.15, -0.1) is 0 Å². The highest BCUT2D eigenvalue weighted by Gasteiger charge is 2.38. The van der Waals surface area contributed by atoms with Gasteiger partial charge in [-0.2, -0.15) is 13.2 Å². The molecule has 0 radical (unpaired) electrons. The van der Waals surface area contributed by atoms with Crippen molar-refractivity contribution in [1.29, 1.82) is 5.41 Å². The Balaban J connectivity index is 1.85. The SMILES string of the molecule is C[Si]1(C)c2ccccc2N(c2ccnc(C(=N)C=C(N)C(F)(F)F)c2)c2ccccc21. The van der Waals surface area contributed by atoms with Crippen molar-refractivity contribution in [2.75, 3.05) is 4.90 Å². The molecule has 0 atom stereocenters. The number of hydrogen-bond donors (Lipinski definition) is 2. The number of benzene rings is 2. The van der Waals surface area contributed by atoms with Crippen LogP contribution < -0.4 is 21.0 Å². The summed E-state index contributed by atoms with van der Waals surface area (Å²) in [5.74, 6) is 0. The number of aromatic nitrogens is 1. The molecule has 0 saturated heterocycles. The summed E-state index contributed by atoms with van der Waals surface area (Å²) in [4.78, 5) is 6.18. The highest BCUT2D eigenvalue weighted by atomic mass is 28.3. The molecule has 4 rings (SSSR count). The zero-order chi connectivity index (χ0) is 22.4. The fourth-order valence-electron chi connectivity index (χ4n) is 3.96. The summed E-state index contributed by atoms with van der Waals surface area (Å²) in [6, 6.07) is 19.8. The fraction of sp³-hybridized carbons (Fsp3) is 0.130. The summed E-state index contributed by atoms with van der Waals surface area (Å²) in [5, 5.41) is 10.6. The number of anilines is 3. The van der Waals surface area contributed by atoms with Crippen LogP contribution in [0.15, 0.2) is 78.6 Å². The Hall–Kier alpha value is -3.39. The number of rotatable bonds is 3. The minimum absolute atomic E-state index is 0.113. The van der Waals surface area contributed by atoms with Gasteiger partial charge in [-0.3, -0.25) is 10.4 Å². The number of pyridine rings is 1. The van der Waals surface area contributed by atoms with Gasteiger partial charge in [-0.05, 0) is 40.7 Å². The molecule has 4 nitrogen and oxygen atoms in total. The highest BCUT2D eigenvalue weighted by Crippen LogP contribution is 2.38. The predicted molar refractivity (Wildman–Crippen MR) is 121 cm³/mol. The van der Waals surface area contributed by atoms with Crippen molar-refractivity contribution in [2.24, 2.45) is 5.73 Å². The van der Waals surface area contributed by atoms with Gasteiger partial charge >= 0.3 is 6.18 Å². The largest absolute Gasteiger partial charge is 0.430 e. The van der Waals surface area contributed by atoms with E-state index in [4.69, 9.17) is 11.1 Å². The van der Waals surface area contributed by atoms with Gasteiger partial charge in [0.25, 0.3) is 0 Å². The second-order valence-corrected chi connectivity index (χ2v) is 12.2. The Morgan fingerprint density at radius 1 is 1.00 bits per heavy atom. The lowest BCUT2D eigenvalue weighted by molar-refractivity contribution is -0.0925. The maximum absolute atomic E-state index is 12.8. The summed E-state index contributed by atoms with van der Waals surface area (Å²) in [5.41, 5.74) is 6.26. The van der Waals surface area contributed by atoms with E-state index in [1.807, 2.05) is 36.4 Å². The number of allylic oxidation sites excluding steroid dienone is 2. The van der Waals surface area contributed by atoms with E-state index in [1.165, 1.54) is 16.6 Å². The van der Waals surface area contributed by atoms with Gasteiger partial charge in [0.15, 0.2) is 0 Å². The van der Waals surface area contributed by atoms with E-state index < -0.39 is 25.7 Å². The lowest BCUT2D eigenvalue weighted by atomic mass is 10.1. The Morgan fingerprint density at radius 3 is 2.10 bits per heavy atom. The van der Waals surface area contributed by atoms with E-state index in [0.717, 1.165) is 17.1 Å². The van der Waals surface area contributed by atoms with Crippen LogP contribution in [0, 0.1) is 5.41 Å². The average molecular weight is 439 g/mol. The molecule has 0 spiro atoms. The molecule has 2 aromatic carbocycles. The molecular weight excluding hydrogens is 417 g/mol. The number of fused-ring (bicyclic) bond motifs is 2. The molecule has 0 fully saturated rings. The van der Waals surface area contributed by atoms with Gasteiger partial charge in [0.2, 0.25) is 0 Å². The molecule has 0 aliphatic carbocycles. The lowest BCUT2D eigenvalue weighted by Gasteiger charge is -2.41. The molecule has 3 N–H and O–H groups in total. The smallest absolute Gasteiger partial charge is 0.395 e. The normalized spacial score (nSPS) is 15.3. The molecule has 0 unspecified atom stereocenters. The van der Waals surface area contributed by atoms with Crippen LogP contribution in [0.3, 0.4) is 0 Å². The first-order chi connectivity index (χ1) is 14.6. The fourth-order valence-corrected chi connectivity index (χ4v) is 6.95. The van der Waals surface area contributed by atoms with Gasteiger partial charge in [-0.25, -0.2) is 0 Å². The second kappa shape index (κ2) is 7.38. The van der Waals surface area contributed by atoms with E-state index in [1.54, 1.807) is 12.1 Å². The van der Waals surface area contributed by atoms with Crippen LogP contribution in [-0.4, -0.2) is 24.9 Å². The quantitative estimate of drug-likeness (QED) is 0.469. The topological polar surface area (TPSA) is 66.0 Å². The molecule has 1 aliphatic rings. The first-order valence-corrected chi connectivity index (χ1v) is 12.7. The first-order valence-electron chi connectivity index (χ1n) is 9.69. The van der Waals surface area contributed by atoms with Gasteiger partial charge in [0.1, 0.15) is 13.8 Å². The minimum atomic E-state index is -4.69. The second-order valence-electron chi connectivity index (χ2n) is 7.91. The number of nitrogens with two attached hydrogens (primary N) is 1. The molecule has 158 valence electrons. The molecule has 0 amide bonds. The molecule has 3 aromatic rings. The maximum atomic E-state index is 12.8. The molecule has 0 saturated carbocycles. The van der Waals surface area contributed by atoms with Gasteiger partial charge < -0.3 is 10.6 Å². The third kappa shape index (κ3) is 3.63. The van der Waals surface area contributed by atoms with Crippen LogP contribution in [0.25, 0.3) is 0 Å². The zero-order valence-electron chi connectivity index (χ0n) is 17.0. The monoisotopic (exact) mass is 438 g/mol. The van der Waals surface area contributed by atoms with Crippen molar-refractivity contribution < 1.29 is 13.2 Å². The van der Waals surface area contributed by atoms with E-state index in [0.29, 0.717) is 6.08 Å². The van der Waals surface area contributed by atoms with Crippen LogP contribution in [0.2, 0.25) is 13.1 Å². The molecule has 1 aliphatic heterocycles. The van der Waals surface area contributed by atoms with Crippen LogP contribution in [0.4, 0.5) is 30.2 Å². The molecule has 31 heavy (non-hydrogen) atoms. The molecular formula is C23H21F3N4Si. The number of hydrogen-bond acceptors (Lipinski definition) is 4. The van der Waals surface area contributed by atoms with Crippen LogP contribution >= 0.6 is 0 Å². The van der Waals surface area contributed by atoms with Gasteiger partial charge in [0, 0.05) is 23.3 Å². The zero-order valence-corrected chi connectivity index (χ0v) is 18.0. The number of nitrogens with zero attached hydrogens (tertiary/aromatic N) is 2. The molecule has 8 heteroatoms. The Labute approximate surface area is 179 Å². The van der Waals surface area contributed by atoms with Crippen molar-refractivity contribution in [3.05, 3.63) is 84.3 Å². The van der Waals surface area contributed by atoms with Crippen molar-refractivity contribution in [2.45, 2.75) is 19.3 Å². The van der Waals surface area contributed by atoms with Crippen LogP contribution in [0.1, 0.15) is 5.69 Å². The summed E-state index contributed by atoms with van der Waals surface area (Å²) < 4.78 is 38.4.